The van der Waals surface area contributed by atoms with Gasteiger partial charge >= 0.3 is 0 Å². The van der Waals surface area contributed by atoms with Crippen LogP contribution >= 0.6 is 11.6 Å². The SMILES string of the molecule is COCCNCC1(Oc2ccccc2Cl)CC1. The van der Waals surface area contributed by atoms with Crippen LogP contribution in [0.15, 0.2) is 24.3 Å². The van der Waals surface area contributed by atoms with Crippen LogP contribution in [-0.2, 0) is 4.74 Å². The van der Waals surface area contributed by atoms with E-state index < -0.39 is 0 Å². The van der Waals surface area contributed by atoms with Crippen molar-refractivity contribution in [3.8, 4) is 5.75 Å². The van der Waals surface area contributed by atoms with Crippen LogP contribution in [0.3, 0.4) is 0 Å². The van der Waals surface area contributed by atoms with E-state index in [1.54, 1.807) is 7.11 Å². The van der Waals surface area contributed by atoms with Crippen LogP contribution in [0, 0.1) is 0 Å². The van der Waals surface area contributed by atoms with E-state index >= 15 is 0 Å². The third-order valence-electron chi connectivity index (χ3n) is 2.90. The summed E-state index contributed by atoms with van der Waals surface area (Å²) < 4.78 is 11.0. The summed E-state index contributed by atoms with van der Waals surface area (Å²) in [6.07, 6.45) is 2.16. The van der Waals surface area contributed by atoms with Crippen LogP contribution < -0.4 is 10.1 Å². The topological polar surface area (TPSA) is 30.5 Å². The third kappa shape index (κ3) is 3.60. The van der Waals surface area contributed by atoms with Crippen molar-refractivity contribution < 1.29 is 9.47 Å². The lowest BCUT2D eigenvalue weighted by atomic mass is 10.3. The first-order chi connectivity index (χ1) is 8.26. The molecule has 1 aromatic carbocycles. The van der Waals surface area contributed by atoms with Crippen molar-refractivity contribution in [1.82, 2.24) is 5.32 Å². The van der Waals surface area contributed by atoms with Crippen molar-refractivity contribution in [2.24, 2.45) is 0 Å². The molecule has 1 aliphatic rings. The van der Waals surface area contributed by atoms with E-state index in [0.29, 0.717) is 5.02 Å². The van der Waals surface area contributed by atoms with Gasteiger partial charge in [0.2, 0.25) is 0 Å². The molecule has 1 N–H and O–H groups in total. The van der Waals surface area contributed by atoms with Crippen molar-refractivity contribution in [2.75, 3.05) is 26.8 Å². The van der Waals surface area contributed by atoms with Crippen LogP contribution in [-0.4, -0.2) is 32.4 Å². The molecule has 0 bridgehead atoms. The Kier molecular flexibility index (Phi) is 4.26. The summed E-state index contributed by atoms with van der Waals surface area (Å²) in [7, 11) is 1.70. The van der Waals surface area contributed by atoms with E-state index in [2.05, 4.69) is 5.32 Å². The maximum Gasteiger partial charge on any atom is 0.138 e. The summed E-state index contributed by atoms with van der Waals surface area (Å²) in [5.74, 6) is 0.778. The number of benzene rings is 1. The molecular formula is C13H18ClNO2. The van der Waals surface area contributed by atoms with Gasteiger partial charge in [-0.05, 0) is 25.0 Å². The molecule has 1 aromatic rings. The Hall–Kier alpha value is -0.770. The highest BCUT2D eigenvalue weighted by Crippen LogP contribution is 2.41. The van der Waals surface area contributed by atoms with Gasteiger partial charge in [0.1, 0.15) is 11.4 Å². The molecule has 0 unspecified atom stereocenters. The summed E-state index contributed by atoms with van der Waals surface area (Å²) in [6.45, 7) is 2.42. The standard InChI is InChI=1S/C13H18ClNO2/c1-16-9-8-15-10-13(6-7-13)17-12-5-3-2-4-11(12)14/h2-5,15H,6-10H2,1H3. The number of nitrogens with one attached hydrogen (secondary N) is 1. The van der Waals surface area contributed by atoms with Gasteiger partial charge in [0.15, 0.2) is 0 Å². The summed E-state index contributed by atoms with van der Waals surface area (Å²) in [5, 5.41) is 4.01. The number of ether oxygens (including phenoxy) is 2. The molecule has 0 heterocycles. The molecular weight excluding hydrogens is 238 g/mol. The highest BCUT2D eigenvalue weighted by molar-refractivity contribution is 6.32. The van der Waals surface area contributed by atoms with E-state index in [1.807, 2.05) is 24.3 Å². The maximum atomic E-state index is 6.08. The van der Waals surface area contributed by atoms with Gasteiger partial charge in [-0.3, -0.25) is 0 Å². The molecule has 0 atom stereocenters. The average molecular weight is 256 g/mol. The molecule has 4 heteroatoms. The zero-order valence-corrected chi connectivity index (χ0v) is 10.8. The highest BCUT2D eigenvalue weighted by Gasteiger charge is 2.45. The number of rotatable bonds is 7. The van der Waals surface area contributed by atoms with E-state index in [1.165, 1.54) is 0 Å². The minimum atomic E-state index is -0.0568. The number of para-hydroxylation sites is 1. The van der Waals surface area contributed by atoms with Gasteiger partial charge < -0.3 is 14.8 Å². The van der Waals surface area contributed by atoms with Crippen molar-refractivity contribution in [3.63, 3.8) is 0 Å². The first-order valence-corrected chi connectivity index (χ1v) is 6.27. The molecule has 3 nitrogen and oxygen atoms in total. The number of methoxy groups -OCH3 is 1. The minimum Gasteiger partial charge on any atom is -0.484 e. The lowest BCUT2D eigenvalue weighted by Gasteiger charge is -2.19. The summed E-state index contributed by atoms with van der Waals surface area (Å²) in [4.78, 5) is 0. The monoisotopic (exact) mass is 255 g/mol. The van der Waals surface area contributed by atoms with E-state index in [4.69, 9.17) is 21.1 Å². The van der Waals surface area contributed by atoms with E-state index in [9.17, 15) is 0 Å². The zero-order chi connectivity index (χ0) is 12.1. The Bertz CT molecular complexity index is 366. The molecule has 1 aliphatic carbocycles. The molecule has 0 radical (unpaired) electrons. The molecule has 17 heavy (non-hydrogen) atoms. The fraction of sp³-hybridized carbons (Fsp3) is 0.538. The summed E-state index contributed by atoms with van der Waals surface area (Å²) in [6, 6.07) is 7.62. The second kappa shape index (κ2) is 5.71. The van der Waals surface area contributed by atoms with Crippen LogP contribution in [0.5, 0.6) is 5.75 Å². The van der Waals surface area contributed by atoms with Gasteiger partial charge in [-0.1, -0.05) is 23.7 Å². The number of halogens is 1. The fourth-order valence-electron chi connectivity index (χ4n) is 1.71. The molecule has 0 spiro atoms. The lowest BCUT2D eigenvalue weighted by molar-refractivity contribution is 0.162. The summed E-state index contributed by atoms with van der Waals surface area (Å²) in [5.41, 5.74) is -0.0568. The average Bonchev–Trinajstić information content (AvgIpc) is 3.08. The van der Waals surface area contributed by atoms with Crippen molar-refractivity contribution in [2.45, 2.75) is 18.4 Å². The van der Waals surface area contributed by atoms with Gasteiger partial charge in [0, 0.05) is 20.2 Å². The largest absolute Gasteiger partial charge is 0.484 e. The predicted molar refractivity (Wildman–Crippen MR) is 68.8 cm³/mol. The minimum absolute atomic E-state index is 0.0568. The first kappa shape index (κ1) is 12.7. The van der Waals surface area contributed by atoms with Crippen LogP contribution in [0.2, 0.25) is 5.02 Å². The smallest absolute Gasteiger partial charge is 0.138 e. The van der Waals surface area contributed by atoms with E-state index in [0.717, 1.165) is 38.3 Å². The molecule has 0 amide bonds. The molecule has 1 saturated carbocycles. The Morgan fingerprint density at radius 1 is 1.35 bits per heavy atom. The third-order valence-corrected chi connectivity index (χ3v) is 3.21. The second-order valence-electron chi connectivity index (χ2n) is 4.39. The zero-order valence-electron chi connectivity index (χ0n) is 10.0. The molecule has 0 aliphatic heterocycles. The Balaban J connectivity index is 1.84. The highest BCUT2D eigenvalue weighted by atomic mass is 35.5. The quantitative estimate of drug-likeness (QED) is 0.760. The Labute approximate surface area is 107 Å². The Morgan fingerprint density at radius 3 is 2.76 bits per heavy atom. The van der Waals surface area contributed by atoms with E-state index in [-0.39, 0.29) is 5.60 Å². The van der Waals surface area contributed by atoms with Crippen LogP contribution in [0.4, 0.5) is 0 Å². The van der Waals surface area contributed by atoms with Crippen molar-refractivity contribution >= 4 is 11.6 Å². The van der Waals surface area contributed by atoms with Gasteiger partial charge in [0.05, 0.1) is 11.6 Å². The normalized spacial score (nSPS) is 16.8. The predicted octanol–water partition coefficient (Wildman–Crippen LogP) is 2.49. The summed E-state index contributed by atoms with van der Waals surface area (Å²) >= 11 is 6.08. The van der Waals surface area contributed by atoms with Gasteiger partial charge in [-0.2, -0.15) is 0 Å². The maximum absolute atomic E-state index is 6.08. The van der Waals surface area contributed by atoms with Crippen LogP contribution in [0.25, 0.3) is 0 Å². The molecule has 0 saturated heterocycles. The molecule has 2 rings (SSSR count). The molecule has 1 fully saturated rings. The van der Waals surface area contributed by atoms with Crippen molar-refractivity contribution in [3.05, 3.63) is 29.3 Å². The lowest BCUT2D eigenvalue weighted by Crippen LogP contribution is -2.35. The van der Waals surface area contributed by atoms with Crippen molar-refractivity contribution in [1.29, 1.82) is 0 Å². The fourth-order valence-corrected chi connectivity index (χ4v) is 1.88. The second-order valence-corrected chi connectivity index (χ2v) is 4.79. The van der Waals surface area contributed by atoms with Gasteiger partial charge in [-0.15, -0.1) is 0 Å². The number of hydrogen-bond acceptors (Lipinski definition) is 3. The number of hydrogen-bond donors (Lipinski definition) is 1. The van der Waals surface area contributed by atoms with Gasteiger partial charge in [-0.25, -0.2) is 0 Å². The first-order valence-electron chi connectivity index (χ1n) is 5.89. The Morgan fingerprint density at radius 2 is 2.12 bits per heavy atom. The van der Waals surface area contributed by atoms with Gasteiger partial charge in [0.25, 0.3) is 0 Å². The molecule has 94 valence electrons. The van der Waals surface area contributed by atoms with Crippen LogP contribution in [0.1, 0.15) is 12.8 Å². The molecule has 0 aromatic heterocycles.